The maximum atomic E-state index is 4.30. The molecule has 2 aromatic heterocycles. The summed E-state index contributed by atoms with van der Waals surface area (Å²) in [6.07, 6.45) is 0. The van der Waals surface area contributed by atoms with Gasteiger partial charge < -0.3 is 0 Å². The van der Waals surface area contributed by atoms with Gasteiger partial charge >= 0.3 is 78.5 Å². The molecule has 0 saturated carbocycles. The van der Waals surface area contributed by atoms with Gasteiger partial charge in [0, 0.05) is 0 Å². The summed E-state index contributed by atoms with van der Waals surface area (Å²) < 4.78 is 2.53. The first-order valence-corrected chi connectivity index (χ1v) is 6.09. The Bertz CT molecular complexity index is 449. The molecule has 0 atom stereocenters. The Morgan fingerprint density at radius 2 is 2.33 bits per heavy atom. The van der Waals surface area contributed by atoms with E-state index >= 15 is 0 Å². The standard InChI is InChI=1S/C8H3N2SSe/c1-6-8(12-4-10-6)2-5-7(1)11-3-9-5/h1-2,4H. The Hall–Kier alpha value is -0.701. The quantitative estimate of drug-likeness (QED) is 0.557. The summed E-state index contributed by atoms with van der Waals surface area (Å²) in [5.74, 6) is 0. The van der Waals surface area contributed by atoms with E-state index in [1.807, 2.05) is 5.07 Å². The van der Waals surface area contributed by atoms with Crippen molar-refractivity contribution in [2.75, 3.05) is 0 Å². The zero-order chi connectivity index (χ0) is 7.97. The second kappa shape index (κ2) is 2.39. The Balaban J connectivity index is 2.62. The van der Waals surface area contributed by atoms with Crippen LogP contribution < -0.4 is 0 Å². The molecule has 0 bridgehead atoms. The van der Waals surface area contributed by atoms with E-state index in [-0.39, 0.29) is 0 Å². The molecular formula is C8H3N2SSe. The normalized spacial score (nSPS) is 11.3. The summed E-state index contributed by atoms with van der Waals surface area (Å²) in [6.45, 7) is 0. The van der Waals surface area contributed by atoms with Crippen molar-refractivity contribution in [3.63, 3.8) is 0 Å². The van der Waals surface area contributed by atoms with E-state index in [0.29, 0.717) is 14.5 Å². The van der Waals surface area contributed by atoms with Crippen LogP contribution in [0, 0.1) is 5.51 Å². The second-order valence-corrected chi connectivity index (χ2v) is 5.13. The van der Waals surface area contributed by atoms with E-state index in [9.17, 15) is 0 Å². The number of rotatable bonds is 0. The fourth-order valence-electron chi connectivity index (χ4n) is 1.16. The summed E-state index contributed by atoms with van der Waals surface area (Å²) >= 11 is 1.97. The first-order valence-electron chi connectivity index (χ1n) is 3.43. The van der Waals surface area contributed by atoms with E-state index in [0.717, 1.165) is 11.0 Å². The molecule has 0 fully saturated rings. The molecule has 0 aliphatic rings. The molecule has 2 heterocycles. The van der Waals surface area contributed by atoms with Crippen LogP contribution in [0.25, 0.3) is 20.0 Å². The van der Waals surface area contributed by atoms with Gasteiger partial charge in [0.25, 0.3) is 0 Å². The molecule has 0 unspecified atom stereocenters. The van der Waals surface area contributed by atoms with E-state index in [2.05, 4.69) is 27.6 Å². The number of fused-ring (bicyclic) bond motifs is 2. The number of thiazole rings is 1. The van der Waals surface area contributed by atoms with Crippen molar-refractivity contribution in [1.29, 1.82) is 0 Å². The van der Waals surface area contributed by atoms with E-state index in [1.165, 1.54) is 8.96 Å². The Kier molecular flexibility index (Phi) is 1.35. The van der Waals surface area contributed by atoms with Gasteiger partial charge in [-0.15, -0.1) is 0 Å². The molecule has 3 rings (SSSR count). The fourth-order valence-corrected chi connectivity index (χ4v) is 3.24. The molecule has 12 heavy (non-hydrogen) atoms. The van der Waals surface area contributed by atoms with E-state index in [1.54, 1.807) is 11.3 Å². The SMILES string of the molecule is [c]1nc2cc3[se]cnc3cc2s1. The number of nitrogens with zero attached hydrogens (tertiary/aromatic N) is 2. The third kappa shape index (κ3) is 0.860. The minimum atomic E-state index is 0.424. The number of hydrogen-bond donors (Lipinski definition) is 0. The van der Waals surface area contributed by atoms with Crippen LogP contribution in [-0.4, -0.2) is 24.5 Å². The average Bonchev–Trinajstić information content (AvgIpc) is 2.64. The minimum absolute atomic E-state index is 0.424. The van der Waals surface area contributed by atoms with Crippen molar-refractivity contribution in [2.24, 2.45) is 0 Å². The van der Waals surface area contributed by atoms with Crippen LogP contribution in [0.2, 0.25) is 0 Å². The molecule has 2 nitrogen and oxygen atoms in total. The summed E-state index contributed by atoms with van der Waals surface area (Å²) in [6, 6.07) is 4.23. The molecule has 3 aromatic rings. The zero-order valence-electron chi connectivity index (χ0n) is 5.94. The van der Waals surface area contributed by atoms with Crippen molar-refractivity contribution < 1.29 is 0 Å². The summed E-state index contributed by atoms with van der Waals surface area (Å²) in [4.78, 5) is 8.44. The van der Waals surface area contributed by atoms with Crippen molar-refractivity contribution in [2.45, 2.75) is 0 Å². The maximum absolute atomic E-state index is 4.30. The van der Waals surface area contributed by atoms with Gasteiger partial charge in [-0.3, -0.25) is 0 Å². The fraction of sp³-hybridized carbons (Fsp3) is 0. The third-order valence-corrected chi connectivity index (χ3v) is 4.12. The van der Waals surface area contributed by atoms with Crippen molar-refractivity contribution >= 4 is 45.8 Å². The van der Waals surface area contributed by atoms with Crippen LogP contribution in [0.5, 0.6) is 0 Å². The van der Waals surface area contributed by atoms with Crippen molar-refractivity contribution in [3.8, 4) is 0 Å². The molecule has 0 aliphatic carbocycles. The monoisotopic (exact) mass is 239 g/mol. The van der Waals surface area contributed by atoms with Gasteiger partial charge in [0.1, 0.15) is 0 Å². The van der Waals surface area contributed by atoms with Crippen LogP contribution >= 0.6 is 11.3 Å². The Morgan fingerprint density at radius 3 is 3.33 bits per heavy atom. The third-order valence-electron chi connectivity index (χ3n) is 1.73. The van der Waals surface area contributed by atoms with E-state index < -0.39 is 0 Å². The summed E-state index contributed by atoms with van der Waals surface area (Å²) in [5.41, 5.74) is 5.07. The van der Waals surface area contributed by atoms with Crippen molar-refractivity contribution in [1.82, 2.24) is 9.97 Å². The van der Waals surface area contributed by atoms with Gasteiger partial charge in [-0.25, -0.2) is 0 Å². The topological polar surface area (TPSA) is 25.8 Å². The molecule has 57 valence electrons. The number of hydrogen-bond acceptors (Lipinski definition) is 3. The van der Waals surface area contributed by atoms with Crippen LogP contribution in [0.1, 0.15) is 0 Å². The Labute approximate surface area is 78.6 Å². The van der Waals surface area contributed by atoms with Gasteiger partial charge in [-0.2, -0.15) is 0 Å². The van der Waals surface area contributed by atoms with Crippen LogP contribution in [0.3, 0.4) is 0 Å². The van der Waals surface area contributed by atoms with Gasteiger partial charge in [-0.1, -0.05) is 0 Å². The van der Waals surface area contributed by atoms with Gasteiger partial charge in [-0.05, 0) is 0 Å². The van der Waals surface area contributed by atoms with Gasteiger partial charge in [0.15, 0.2) is 0 Å². The Morgan fingerprint density at radius 1 is 1.33 bits per heavy atom. The molecule has 1 radical (unpaired) electrons. The molecular weight excluding hydrogens is 235 g/mol. The van der Waals surface area contributed by atoms with Crippen LogP contribution in [-0.2, 0) is 0 Å². The summed E-state index contributed by atoms with van der Waals surface area (Å²) in [5, 5.41) is 2.00. The summed E-state index contributed by atoms with van der Waals surface area (Å²) in [7, 11) is 0. The number of benzene rings is 1. The second-order valence-electron chi connectivity index (χ2n) is 2.45. The van der Waals surface area contributed by atoms with Crippen molar-refractivity contribution in [3.05, 3.63) is 22.7 Å². The number of aromatic nitrogens is 2. The first kappa shape index (κ1) is 6.78. The molecule has 0 spiro atoms. The molecule has 0 N–H and O–H groups in total. The molecule has 0 amide bonds. The van der Waals surface area contributed by atoms with Crippen LogP contribution in [0.4, 0.5) is 0 Å². The predicted octanol–water partition coefficient (Wildman–Crippen LogP) is 1.70. The molecule has 0 saturated heterocycles. The molecule has 0 aliphatic heterocycles. The predicted molar refractivity (Wildman–Crippen MR) is 50.7 cm³/mol. The zero-order valence-corrected chi connectivity index (χ0v) is 8.47. The van der Waals surface area contributed by atoms with E-state index in [4.69, 9.17) is 0 Å². The van der Waals surface area contributed by atoms with Crippen LogP contribution in [0.15, 0.2) is 17.2 Å². The first-order chi connectivity index (χ1) is 5.93. The van der Waals surface area contributed by atoms with Gasteiger partial charge in [0.2, 0.25) is 0 Å². The average molecular weight is 238 g/mol. The van der Waals surface area contributed by atoms with Gasteiger partial charge in [0.05, 0.1) is 0 Å². The molecule has 4 heteroatoms. The molecule has 1 aromatic carbocycles.